The summed E-state index contributed by atoms with van der Waals surface area (Å²) in [6, 6.07) is 58.6. The van der Waals surface area contributed by atoms with E-state index in [0.717, 1.165) is 120 Å². The second kappa shape index (κ2) is 26.5. The number of aliphatic hydroxyl groups is 2. The molecule has 1 fully saturated rings. The van der Waals surface area contributed by atoms with E-state index < -0.39 is 44.9 Å². The van der Waals surface area contributed by atoms with E-state index in [1.54, 1.807) is 33.1 Å². The number of imidazole rings is 3. The number of ether oxygens (including phenoxy) is 1. The van der Waals surface area contributed by atoms with Gasteiger partial charge in [0.2, 0.25) is 0 Å². The predicted octanol–water partition coefficient (Wildman–Crippen LogP) is 16.3. The van der Waals surface area contributed by atoms with Crippen LogP contribution in [0.3, 0.4) is 0 Å². The lowest BCUT2D eigenvalue weighted by Crippen LogP contribution is -2.30. The molecule has 0 radical (unpaired) electrons. The summed E-state index contributed by atoms with van der Waals surface area (Å²) in [6.45, 7) is 7.19. The Labute approximate surface area is 538 Å². The Morgan fingerprint density at radius 2 is 1.05 bits per heavy atom. The lowest BCUT2D eigenvalue weighted by atomic mass is 9.89. The fourth-order valence-electron chi connectivity index (χ4n) is 11.1. The Morgan fingerprint density at radius 3 is 1.60 bits per heavy atom. The summed E-state index contributed by atoms with van der Waals surface area (Å²) in [5.41, 5.74) is 12.3. The largest absolute Gasteiger partial charge is 0.497 e. The number of hydrogen-bond donors (Lipinski definition) is 7. The number of benzene rings is 9. The van der Waals surface area contributed by atoms with Crippen LogP contribution < -0.4 is 14.6 Å². The van der Waals surface area contributed by atoms with Gasteiger partial charge in [-0.2, -0.15) is 39.5 Å². The van der Waals surface area contributed by atoms with Crippen LogP contribution in [0.15, 0.2) is 200 Å². The number of H-pyrrole nitrogens is 3. The average molecular weight is 1290 g/mol. The molecule has 20 heteroatoms. The first-order valence-electron chi connectivity index (χ1n) is 29.8. The summed E-state index contributed by atoms with van der Waals surface area (Å²) >= 11 is 0. The Kier molecular flexibility index (Phi) is 18.4. The minimum atomic E-state index is -4.37. The number of methoxy groups -OCH3 is 1. The molecule has 1 saturated carbocycles. The number of nitrogens with zero attached hydrogens (tertiary/aromatic N) is 3. The lowest BCUT2D eigenvalue weighted by molar-refractivity contribution is -0.138. The Bertz CT molecular complexity index is 4920. The summed E-state index contributed by atoms with van der Waals surface area (Å²) < 4.78 is 106. The van der Waals surface area contributed by atoms with Crippen molar-refractivity contribution in [3.05, 3.63) is 262 Å². The van der Waals surface area contributed by atoms with Gasteiger partial charge in [0.25, 0.3) is 10.2 Å². The van der Waals surface area contributed by atoms with Crippen LogP contribution in [0, 0.1) is 11.8 Å². The number of rotatable bonds is 13. The molecule has 3 heterocycles. The molecule has 13 rings (SSSR count). The number of alkyl halides is 6. The fourth-order valence-corrected chi connectivity index (χ4v) is 11.5. The molecule has 9 aromatic carbocycles. The van der Waals surface area contributed by atoms with Crippen molar-refractivity contribution in [3.63, 3.8) is 0 Å². The molecule has 0 amide bonds. The first kappa shape index (κ1) is 65.4. The van der Waals surface area contributed by atoms with E-state index in [-0.39, 0.29) is 6.54 Å². The molecular formula is C74H64F6N8O5S. The molecule has 2 atom stereocenters. The third-order valence-corrected chi connectivity index (χ3v) is 16.5. The van der Waals surface area contributed by atoms with Crippen molar-refractivity contribution in [1.82, 2.24) is 34.6 Å². The summed E-state index contributed by atoms with van der Waals surface area (Å²) in [7, 11) is -2.13. The van der Waals surface area contributed by atoms with Gasteiger partial charge < -0.3 is 29.9 Å². The van der Waals surface area contributed by atoms with E-state index in [4.69, 9.17) is 14.9 Å². The maximum absolute atomic E-state index is 12.7. The standard InChI is InChI=1S/C26H26N2O2.C25H19F3N2O.C23H19F3N4O2S/c1-26(2,29)22-7-5-4-6-19(22)17-10-13-23-24(14-17)28-25(27-23)21-15-20(21)16-8-11-18(30-3)12-9-16;1-24(2,31)20-6-4-3-5-19(20)17-10-13-21-22(15-17)30-23(29-21)14-9-16-7-11-18(12-8-16)25(26,27)28;24-23(25,26)18-9-5-15(6-10-18)7-12-22-29-20-11-8-16(13-21(20)30-22)19-4-2-1-3-17(19)14-28-33(27,31)32/h4-14,20-21,29H,15H2,1-3H3,(H,27,28);3-8,10-13,15,31H,1-2H3,(H,29,30);1-13,28H,14H2,(H,29,30)(H2,27,31,32)/b;;12-7+. The quantitative estimate of drug-likeness (QED) is 0.0435. The van der Waals surface area contributed by atoms with Crippen molar-refractivity contribution < 1.29 is 49.7 Å². The number of hydrogen-bond acceptors (Lipinski definition) is 8. The molecule has 478 valence electrons. The van der Waals surface area contributed by atoms with Crippen molar-refractivity contribution in [2.75, 3.05) is 7.11 Å². The van der Waals surface area contributed by atoms with Gasteiger partial charge in [0.05, 0.1) is 62.5 Å². The maximum atomic E-state index is 12.7. The van der Waals surface area contributed by atoms with Crippen molar-refractivity contribution in [2.45, 2.75) is 76.1 Å². The Balaban J connectivity index is 0.000000144. The first-order valence-corrected chi connectivity index (χ1v) is 31.4. The van der Waals surface area contributed by atoms with E-state index in [0.29, 0.717) is 40.1 Å². The molecule has 3 aromatic heterocycles. The number of nitrogens with two attached hydrogens (primary N) is 1. The highest BCUT2D eigenvalue weighted by Gasteiger charge is 2.42. The maximum Gasteiger partial charge on any atom is 0.416 e. The van der Waals surface area contributed by atoms with Gasteiger partial charge in [-0.05, 0) is 198 Å². The number of halogens is 6. The monoisotopic (exact) mass is 1290 g/mol. The van der Waals surface area contributed by atoms with E-state index in [2.05, 4.69) is 77.9 Å². The van der Waals surface area contributed by atoms with Gasteiger partial charge in [-0.25, -0.2) is 20.1 Å². The van der Waals surface area contributed by atoms with Gasteiger partial charge >= 0.3 is 12.4 Å². The molecule has 8 N–H and O–H groups in total. The molecule has 0 spiro atoms. The van der Waals surface area contributed by atoms with Crippen LogP contribution in [0.4, 0.5) is 26.3 Å². The highest BCUT2D eigenvalue weighted by molar-refractivity contribution is 7.87. The Morgan fingerprint density at radius 1 is 0.564 bits per heavy atom. The molecule has 1 aliphatic carbocycles. The third-order valence-electron chi connectivity index (χ3n) is 16.0. The minimum Gasteiger partial charge on any atom is -0.497 e. The summed E-state index contributed by atoms with van der Waals surface area (Å²) in [5, 5.41) is 26.1. The number of nitrogens with one attached hydrogen (secondary N) is 4. The molecule has 1 aliphatic rings. The second-order valence-corrected chi connectivity index (χ2v) is 25.1. The van der Waals surface area contributed by atoms with Gasteiger partial charge in [-0.3, -0.25) is 0 Å². The van der Waals surface area contributed by atoms with Crippen LogP contribution in [0.1, 0.15) is 108 Å². The van der Waals surface area contributed by atoms with Gasteiger partial charge in [0, 0.05) is 18.0 Å². The van der Waals surface area contributed by atoms with Crippen LogP contribution in [-0.2, 0) is 40.3 Å². The number of fused-ring (bicyclic) bond motifs is 3. The summed E-state index contributed by atoms with van der Waals surface area (Å²) in [5.74, 6) is 9.54. The zero-order valence-corrected chi connectivity index (χ0v) is 52.3. The highest BCUT2D eigenvalue weighted by atomic mass is 32.2. The van der Waals surface area contributed by atoms with Gasteiger partial charge in [-0.15, -0.1) is 0 Å². The van der Waals surface area contributed by atoms with Crippen molar-refractivity contribution in [2.24, 2.45) is 5.14 Å². The molecule has 94 heavy (non-hydrogen) atoms. The van der Waals surface area contributed by atoms with E-state index in [1.807, 2.05) is 129 Å². The zero-order valence-electron chi connectivity index (χ0n) is 51.5. The minimum absolute atomic E-state index is 0.0527. The SMILES string of the molecule is CC(C)(O)c1ccccc1-c1ccc2nc(C#Cc3ccc(C(F)(F)F)cc3)[nH]c2c1.COc1ccc(C2CC2c2nc3ccc(-c4ccccc4C(C)(C)O)cc3[nH]2)cc1.NS(=O)(=O)NCc1ccccc1-c1ccc2nc(/C=C/c3ccc(C(F)(F)F)cc3)[nH]c2c1. The van der Waals surface area contributed by atoms with E-state index in [1.165, 1.54) is 29.8 Å². The normalized spacial score (nSPS) is 14.3. The topological polar surface area (TPSA) is 208 Å². The number of aromatic nitrogens is 6. The molecule has 12 aromatic rings. The summed E-state index contributed by atoms with van der Waals surface area (Å²) in [4.78, 5) is 23.6. The van der Waals surface area contributed by atoms with Crippen LogP contribution in [0.25, 0.3) is 78.6 Å². The van der Waals surface area contributed by atoms with Crippen LogP contribution in [0.5, 0.6) is 5.75 Å². The second-order valence-electron chi connectivity index (χ2n) is 23.8. The van der Waals surface area contributed by atoms with Crippen LogP contribution in [-0.4, -0.2) is 55.6 Å². The molecule has 0 aliphatic heterocycles. The molecule has 0 saturated heterocycles. The van der Waals surface area contributed by atoms with Crippen LogP contribution in [0.2, 0.25) is 0 Å². The zero-order chi connectivity index (χ0) is 66.7. The van der Waals surface area contributed by atoms with Gasteiger partial charge in [0.15, 0.2) is 5.82 Å². The third kappa shape index (κ3) is 15.8. The summed E-state index contributed by atoms with van der Waals surface area (Å²) in [6.07, 6.45) is -4.27. The highest BCUT2D eigenvalue weighted by Crippen LogP contribution is 2.54. The fraction of sp³-hybridized carbons (Fsp3) is 0.176. The molecule has 13 nitrogen and oxygen atoms in total. The van der Waals surface area contributed by atoms with Gasteiger partial charge in [-0.1, -0.05) is 127 Å². The average Bonchev–Trinajstić information content (AvgIpc) is 1.60. The van der Waals surface area contributed by atoms with Crippen molar-refractivity contribution >= 4 is 55.5 Å². The number of aromatic amines is 3. The van der Waals surface area contributed by atoms with Crippen molar-refractivity contribution in [3.8, 4) is 51.0 Å². The van der Waals surface area contributed by atoms with Gasteiger partial charge in [0.1, 0.15) is 17.4 Å². The molecule has 2 unspecified atom stereocenters. The van der Waals surface area contributed by atoms with E-state index in [9.17, 15) is 45.0 Å². The van der Waals surface area contributed by atoms with E-state index >= 15 is 0 Å². The Hall–Kier alpha value is -10.1. The lowest BCUT2D eigenvalue weighted by Gasteiger charge is -2.21. The smallest absolute Gasteiger partial charge is 0.416 e. The first-order chi connectivity index (χ1) is 44.6. The predicted molar refractivity (Wildman–Crippen MR) is 356 cm³/mol. The van der Waals surface area contributed by atoms with Crippen LogP contribution >= 0.6 is 0 Å². The molecule has 0 bridgehead atoms. The van der Waals surface area contributed by atoms with Crippen molar-refractivity contribution in [1.29, 1.82) is 0 Å². The molecular weight excluding hydrogens is 1230 g/mol.